The van der Waals surface area contributed by atoms with Gasteiger partial charge in [0.25, 0.3) is 0 Å². The zero-order chi connectivity index (χ0) is 25.5. The van der Waals surface area contributed by atoms with Gasteiger partial charge in [-0.15, -0.1) is 0 Å². The molecule has 0 atom stereocenters. The molecule has 0 aliphatic carbocycles. The fraction of sp³-hybridized carbons (Fsp3) is 0.259. The van der Waals surface area contributed by atoms with Gasteiger partial charge in [0.2, 0.25) is 11.2 Å². The maximum Gasteiger partial charge on any atom is 0.396 e. The predicted octanol–water partition coefficient (Wildman–Crippen LogP) is 2.57. The molecule has 2 heterocycles. The molecular weight excluding hydrogens is 462 g/mol. The Bertz CT molecular complexity index is 1330. The highest BCUT2D eigenvalue weighted by atomic mass is 16.5. The number of amides is 1. The molecule has 1 fully saturated rings. The Labute approximate surface area is 208 Å². The van der Waals surface area contributed by atoms with E-state index in [0.717, 1.165) is 16.7 Å². The number of hydrogen-bond donors (Lipinski definition) is 0. The second kappa shape index (κ2) is 11.3. The van der Waals surface area contributed by atoms with Crippen LogP contribution in [0.3, 0.4) is 0 Å². The van der Waals surface area contributed by atoms with Crippen molar-refractivity contribution in [3.8, 4) is 22.9 Å². The molecule has 1 saturated heterocycles. The minimum Gasteiger partial charge on any atom is -0.482 e. The van der Waals surface area contributed by atoms with E-state index in [2.05, 4.69) is 10.8 Å². The third-order valence-corrected chi connectivity index (χ3v) is 5.96. The molecule has 0 radical (unpaired) electrons. The second-order valence-corrected chi connectivity index (χ2v) is 8.28. The Kier molecular flexibility index (Phi) is 7.78. The van der Waals surface area contributed by atoms with E-state index in [1.165, 1.54) is 24.3 Å². The molecule has 4 rings (SSSR count). The number of hydrogen-bond acceptors (Lipinski definition) is 8. The number of ether oxygens (including phenoxy) is 2. The first-order valence-corrected chi connectivity index (χ1v) is 11.4. The predicted molar refractivity (Wildman–Crippen MR) is 130 cm³/mol. The van der Waals surface area contributed by atoms with Gasteiger partial charge in [-0.25, -0.2) is 4.79 Å². The number of nitrogens with zero attached hydrogens (tertiary/aromatic N) is 3. The third kappa shape index (κ3) is 5.79. The third-order valence-electron chi connectivity index (χ3n) is 5.96. The van der Waals surface area contributed by atoms with Gasteiger partial charge in [-0.2, -0.15) is 5.26 Å². The van der Waals surface area contributed by atoms with Crippen LogP contribution in [-0.2, 0) is 27.5 Å². The molecule has 0 N–H and O–H groups in total. The van der Waals surface area contributed by atoms with E-state index in [9.17, 15) is 19.6 Å². The summed E-state index contributed by atoms with van der Waals surface area (Å²) in [4.78, 5) is 39.3. The van der Waals surface area contributed by atoms with Crippen LogP contribution in [-0.4, -0.2) is 55.0 Å². The topological polar surface area (TPSA) is 113 Å². The quantitative estimate of drug-likeness (QED) is 0.385. The van der Waals surface area contributed by atoms with Gasteiger partial charge >= 0.3 is 11.9 Å². The van der Waals surface area contributed by atoms with Gasteiger partial charge in [-0.3, -0.25) is 14.5 Å². The van der Waals surface area contributed by atoms with Gasteiger partial charge < -0.3 is 18.8 Å². The Morgan fingerprint density at radius 2 is 1.78 bits per heavy atom. The summed E-state index contributed by atoms with van der Waals surface area (Å²) < 4.78 is 15.8. The molecule has 3 aromatic rings. The minimum atomic E-state index is -0.870. The number of rotatable bonds is 6. The van der Waals surface area contributed by atoms with E-state index < -0.39 is 11.9 Å². The van der Waals surface area contributed by atoms with Crippen molar-refractivity contribution in [2.45, 2.75) is 13.2 Å². The fourth-order valence-corrected chi connectivity index (χ4v) is 3.95. The zero-order valence-electron chi connectivity index (χ0n) is 19.8. The number of carbonyl (C=O) groups is 2. The summed E-state index contributed by atoms with van der Waals surface area (Å²) in [6, 6.07) is 18.6. The van der Waals surface area contributed by atoms with E-state index in [4.69, 9.17) is 9.15 Å². The van der Waals surface area contributed by atoms with Crippen molar-refractivity contribution >= 4 is 11.9 Å². The molecule has 2 aromatic carbocycles. The maximum absolute atomic E-state index is 12.5. The van der Waals surface area contributed by atoms with Crippen molar-refractivity contribution in [2.75, 3.05) is 33.3 Å². The molecule has 1 aromatic heterocycles. The highest BCUT2D eigenvalue weighted by molar-refractivity contribution is 6.32. The first-order chi connectivity index (χ1) is 17.5. The lowest BCUT2D eigenvalue weighted by Gasteiger charge is -2.33. The Hall–Kier alpha value is -4.42. The van der Waals surface area contributed by atoms with Crippen LogP contribution in [0, 0.1) is 11.3 Å². The number of benzene rings is 2. The lowest BCUT2D eigenvalue weighted by molar-refractivity contribution is -0.159. The largest absolute Gasteiger partial charge is 0.482 e. The SMILES string of the molecule is COC(=O)C(=O)N1CCN(Cc2cc(=O)c(OCc3ccc(-c4ccccc4C#N)cc3)co2)CC1. The number of methoxy groups -OCH3 is 1. The van der Waals surface area contributed by atoms with Crippen LogP contribution in [0.2, 0.25) is 0 Å². The minimum absolute atomic E-state index is 0.117. The molecule has 0 spiro atoms. The fourth-order valence-electron chi connectivity index (χ4n) is 3.95. The van der Waals surface area contributed by atoms with Gasteiger partial charge in [-0.05, 0) is 22.8 Å². The highest BCUT2D eigenvalue weighted by Crippen LogP contribution is 2.24. The summed E-state index contributed by atoms with van der Waals surface area (Å²) in [5, 5.41) is 9.30. The molecule has 9 nitrogen and oxygen atoms in total. The summed E-state index contributed by atoms with van der Waals surface area (Å²) >= 11 is 0. The molecule has 1 amide bonds. The van der Waals surface area contributed by atoms with Crippen molar-refractivity contribution < 1.29 is 23.5 Å². The molecule has 0 unspecified atom stereocenters. The van der Waals surface area contributed by atoms with Crippen LogP contribution < -0.4 is 10.2 Å². The van der Waals surface area contributed by atoms with Crippen molar-refractivity contribution in [1.29, 1.82) is 5.26 Å². The Morgan fingerprint density at radius 3 is 2.44 bits per heavy atom. The normalized spacial score (nSPS) is 13.6. The number of nitriles is 1. The first kappa shape index (κ1) is 24.7. The zero-order valence-corrected chi connectivity index (χ0v) is 19.8. The number of esters is 1. The van der Waals surface area contributed by atoms with E-state index in [-0.39, 0.29) is 17.8 Å². The van der Waals surface area contributed by atoms with Crippen LogP contribution >= 0.6 is 0 Å². The van der Waals surface area contributed by atoms with Gasteiger partial charge in [0, 0.05) is 32.2 Å². The van der Waals surface area contributed by atoms with Crippen molar-refractivity contribution in [2.24, 2.45) is 0 Å². The van der Waals surface area contributed by atoms with Crippen LogP contribution in [0.25, 0.3) is 11.1 Å². The van der Waals surface area contributed by atoms with Gasteiger partial charge in [-0.1, -0.05) is 42.5 Å². The van der Waals surface area contributed by atoms with Crippen LogP contribution in [0.4, 0.5) is 0 Å². The summed E-state index contributed by atoms with van der Waals surface area (Å²) in [5.41, 5.74) is 2.98. The second-order valence-electron chi connectivity index (χ2n) is 8.28. The lowest BCUT2D eigenvalue weighted by Crippen LogP contribution is -2.50. The smallest absolute Gasteiger partial charge is 0.396 e. The van der Waals surface area contributed by atoms with Crippen molar-refractivity contribution in [3.05, 3.63) is 88.0 Å². The molecular formula is C27H25N3O6. The van der Waals surface area contributed by atoms with Crippen LogP contribution in [0.15, 0.2) is 70.1 Å². The summed E-state index contributed by atoms with van der Waals surface area (Å²) in [5.74, 6) is -0.913. The summed E-state index contributed by atoms with van der Waals surface area (Å²) in [6.45, 7) is 2.46. The van der Waals surface area contributed by atoms with E-state index >= 15 is 0 Å². The monoisotopic (exact) mass is 487 g/mol. The van der Waals surface area contributed by atoms with E-state index in [1.807, 2.05) is 47.4 Å². The molecule has 184 valence electrons. The lowest BCUT2D eigenvalue weighted by atomic mass is 9.99. The van der Waals surface area contributed by atoms with Crippen molar-refractivity contribution in [1.82, 2.24) is 9.80 Å². The average molecular weight is 488 g/mol. The molecule has 9 heteroatoms. The number of piperazine rings is 1. The van der Waals surface area contributed by atoms with E-state index in [0.29, 0.717) is 44.0 Å². The van der Waals surface area contributed by atoms with Crippen LogP contribution in [0.5, 0.6) is 5.75 Å². The molecule has 0 bridgehead atoms. The van der Waals surface area contributed by atoms with Gasteiger partial charge in [0.15, 0.2) is 0 Å². The highest BCUT2D eigenvalue weighted by Gasteiger charge is 2.26. The number of carbonyl (C=O) groups excluding carboxylic acids is 2. The van der Waals surface area contributed by atoms with Gasteiger partial charge in [0.05, 0.1) is 25.3 Å². The van der Waals surface area contributed by atoms with Crippen LogP contribution in [0.1, 0.15) is 16.9 Å². The van der Waals surface area contributed by atoms with Crippen molar-refractivity contribution in [3.63, 3.8) is 0 Å². The maximum atomic E-state index is 12.5. The first-order valence-electron chi connectivity index (χ1n) is 11.4. The summed E-state index contributed by atoms with van der Waals surface area (Å²) in [7, 11) is 1.18. The summed E-state index contributed by atoms with van der Waals surface area (Å²) in [6.07, 6.45) is 1.31. The molecule has 1 aliphatic rings. The standard InChI is InChI=1S/C27H25N3O6/c1-34-27(33)26(32)30-12-10-29(11-13-30)16-22-14-24(31)25(18-35-22)36-17-19-6-8-20(9-7-19)23-5-3-2-4-21(23)15-28/h2-9,14,18H,10-13,16-17H2,1H3. The molecule has 1 aliphatic heterocycles. The Morgan fingerprint density at radius 1 is 1.06 bits per heavy atom. The molecule has 0 saturated carbocycles. The molecule has 36 heavy (non-hydrogen) atoms. The van der Waals surface area contributed by atoms with E-state index in [1.54, 1.807) is 6.07 Å². The Balaban J connectivity index is 1.31. The average Bonchev–Trinajstić information content (AvgIpc) is 2.92. The van der Waals surface area contributed by atoms with Gasteiger partial charge in [0.1, 0.15) is 18.6 Å².